The summed E-state index contributed by atoms with van der Waals surface area (Å²) in [5, 5.41) is 4.01. The molecule has 0 aliphatic heterocycles. The average molecular weight is 248 g/mol. The first-order valence-electron chi connectivity index (χ1n) is 5.68. The van der Waals surface area contributed by atoms with Gasteiger partial charge in [-0.05, 0) is 18.6 Å². The van der Waals surface area contributed by atoms with Gasteiger partial charge in [0.05, 0.1) is 14.2 Å². The van der Waals surface area contributed by atoms with Gasteiger partial charge < -0.3 is 19.7 Å². The molecule has 0 amide bonds. The largest absolute Gasteiger partial charge is 0.493 e. The van der Waals surface area contributed by atoms with Crippen LogP contribution in [0.25, 0.3) is 11.3 Å². The molecule has 18 heavy (non-hydrogen) atoms. The fourth-order valence-corrected chi connectivity index (χ4v) is 1.95. The molecule has 2 N–H and O–H groups in total. The number of aromatic nitrogens is 1. The van der Waals surface area contributed by atoms with Crippen molar-refractivity contribution in [3.05, 3.63) is 23.8 Å². The lowest BCUT2D eigenvalue weighted by atomic mass is 10.0. The molecule has 96 valence electrons. The molecule has 0 radical (unpaired) electrons. The van der Waals surface area contributed by atoms with Crippen LogP contribution >= 0.6 is 0 Å². The van der Waals surface area contributed by atoms with Crippen LogP contribution in [0.15, 0.2) is 22.7 Å². The summed E-state index contributed by atoms with van der Waals surface area (Å²) in [6.07, 6.45) is 0.741. The second-order valence-electron chi connectivity index (χ2n) is 3.77. The summed E-state index contributed by atoms with van der Waals surface area (Å²) in [4.78, 5) is 0. The predicted molar refractivity (Wildman–Crippen MR) is 68.8 cm³/mol. The fourth-order valence-electron chi connectivity index (χ4n) is 1.95. The highest BCUT2D eigenvalue weighted by atomic mass is 16.5. The van der Waals surface area contributed by atoms with Crippen LogP contribution in [0.5, 0.6) is 11.5 Å². The summed E-state index contributed by atoms with van der Waals surface area (Å²) >= 11 is 0. The monoisotopic (exact) mass is 248 g/mol. The summed E-state index contributed by atoms with van der Waals surface area (Å²) in [6.45, 7) is 2.00. The molecule has 5 heteroatoms. The van der Waals surface area contributed by atoms with Crippen molar-refractivity contribution in [1.82, 2.24) is 5.16 Å². The molecular weight excluding hydrogens is 232 g/mol. The van der Waals surface area contributed by atoms with Gasteiger partial charge in [-0.1, -0.05) is 18.1 Å². The Morgan fingerprint density at radius 3 is 2.67 bits per heavy atom. The van der Waals surface area contributed by atoms with Crippen LogP contribution < -0.4 is 15.2 Å². The van der Waals surface area contributed by atoms with Crippen molar-refractivity contribution in [3.63, 3.8) is 0 Å². The molecule has 1 aromatic carbocycles. The minimum absolute atomic E-state index is 0.345. The number of nitrogen functional groups attached to an aromatic ring is 1. The van der Waals surface area contributed by atoms with Crippen molar-refractivity contribution in [2.75, 3.05) is 20.0 Å². The van der Waals surface area contributed by atoms with E-state index in [0.717, 1.165) is 17.5 Å². The normalized spacial score (nSPS) is 10.4. The summed E-state index contributed by atoms with van der Waals surface area (Å²) in [7, 11) is 3.19. The van der Waals surface area contributed by atoms with Crippen LogP contribution in [0, 0.1) is 0 Å². The SMILES string of the molecule is CCc1c(-c2cccc(OC)c2OC)noc1N. The zero-order valence-corrected chi connectivity index (χ0v) is 10.7. The van der Waals surface area contributed by atoms with Crippen LogP contribution in [0.2, 0.25) is 0 Å². The van der Waals surface area contributed by atoms with Gasteiger partial charge in [0.1, 0.15) is 5.69 Å². The second kappa shape index (κ2) is 5.00. The number of rotatable bonds is 4. The lowest BCUT2D eigenvalue weighted by molar-refractivity contribution is 0.355. The maximum absolute atomic E-state index is 5.75. The maximum atomic E-state index is 5.75. The highest BCUT2D eigenvalue weighted by molar-refractivity contribution is 5.75. The standard InChI is InChI=1S/C13H16N2O3/c1-4-8-11(15-18-13(8)14)9-6-5-7-10(16-2)12(9)17-3/h5-7H,4,14H2,1-3H3. The summed E-state index contributed by atoms with van der Waals surface area (Å²) in [5.41, 5.74) is 8.14. The number of ether oxygens (including phenoxy) is 2. The minimum Gasteiger partial charge on any atom is -0.493 e. The van der Waals surface area contributed by atoms with Gasteiger partial charge in [0.15, 0.2) is 11.5 Å². The first-order valence-corrected chi connectivity index (χ1v) is 5.68. The Labute approximate surface area is 105 Å². The Bertz CT molecular complexity index is 549. The molecule has 2 aromatic rings. The molecular formula is C13H16N2O3. The molecule has 1 aromatic heterocycles. The number of nitrogens with two attached hydrogens (primary N) is 1. The number of methoxy groups -OCH3 is 2. The number of para-hydroxylation sites is 1. The lowest BCUT2D eigenvalue weighted by Gasteiger charge is -2.11. The molecule has 0 atom stereocenters. The third kappa shape index (κ3) is 1.88. The van der Waals surface area contributed by atoms with E-state index < -0.39 is 0 Å². The maximum Gasteiger partial charge on any atom is 0.225 e. The van der Waals surface area contributed by atoms with Crippen LogP contribution in [0.4, 0.5) is 5.88 Å². The molecule has 5 nitrogen and oxygen atoms in total. The predicted octanol–water partition coefficient (Wildman–Crippen LogP) is 2.50. The lowest BCUT2D eigenvalue weighted by Crippen LogP contribution is -1.95. The molecule has 0 bridgehead atoms. The van der Waals surface area contributed by atoms with E-state index in [4.69, 9.17) is 19.7 Å². The molecule has 0 aliphatic carbocycles. The van der Waals surface area contributed by atoms with Crippen molar-refractivity contribution >= 4 is 5.88 Å². The molecule has 0 spiro atoms. The Kier molecular flexibility index (Phi) is 3.41. The van der Waals surface area contributed by atoms with Gasteiger partial charge in [-0.3, -0.25) is 0 Å². The quantitative estimate of drug-likeness (QED) is 0.900. The zero-order chi connectivity index (χ0) is 13.1. The van der Waals surface area contributed by atoms with Gasteiger partial charge in [0, 0.05) is 11.1 Å². The van der Waals surface area contributed by atoms with E-state index in [9.17, 15) is 0 Å². The van der Waals surface area contributed by atoms with E-state index in [1.165, 1.54) is 0 Å². The average Bonchev–Trinajstić information content (AvgIpc) is 2.78. The first-order chi connectivity index (χ1) is 8.72. The summed E-state index contributed by atoms with van der Waals surface area (Å²) < 4.78 is 15.7. The first kappa shape index (κ1) is 12.3. The van der Waals surface area contributed by atoms with Gasteiger partial charge in [0.2, 0.25) is 5.88 Å². The van der Waals surface area contributed by atoms with Gasteiger partial charge in [-0.15, -0.1) is 0 Å². The molecule has 0 aliphatic rings. The molecule has 2 rings (SSSR count). The number of nitrogens with zero attached hydrogens (tertiary/aromatic N) is 1. The highest BCUT2D eigenvalue weighted by Gasteiger charge is 2.19. The third-order valence-corrected chi connectivity index (χ3v) is 2.83. The zero-order valence-electron chi connectivity index (χ0n) is 10.7. The van der Waals surface area contributed by atoms with Crippen molar-refractivity contribution < 1.29 is 14.0 Å². The number of hydrogen-bond acceptors (Lipinski definition) is 5. The van der Waals surface area contributed by atoms with Crippen LogP contribution in [-0.2, 0) is 6.42 Å². The van der Waals surface area contributed by atoms with Crippen LogP contribution in [0.1, 0.15) is 12.5 Å². The van der Waals surface area contributed by atoms with Crippen molar-refractivity contribution in [2.45, 2.75) is 13.3 Å². The Morgan fingerprint density at radius 1 is 1.28 bits per heavy atom. The molecule has 0 fully saturated rings. The number of anilines is 1. The topological polar surface area (TPSA) is 70.5 Å². The van der Waals surface area contributed by atoms with Crippen molar-refractivity contribution in [3.8, 4) is 22.8 Å². The Hall–Kier alpha value is -2.17. The fraction of sp³-hybridized carbons (Fsp3) is 0.308. The van der Waals surface area contributed by atoms with Gasteiger partial charge in [-0.25, -0.2) is 0 Å². The molecule has 0 saturated heterocycles. The van der Waals surface area contributed by atoms with E-state index in [2.05, 4.69) is 5.16 Å². The van der Waals surface area contributed by atoms with Gasteiger partial charge >= 0.3 is 0 Å². The van der Waals surface area contributed by atoms with E-state index in [1.54, 1.807) is 14.2 Å². The van der Waals surface area contributed by atoms with Crippen molar-refractivity contribution in [2.24, 2.45) is 0 Å². The molecule has 0 saturated carbocycles. The van der Waals surface area contributed by atoms with E-state index in [0.29, 0.717) is 23.1 Å². The number of benzene rings is 1. The highest BCUT2D eigenvalue weighted by Crippen LogP contribution is 2.39. The van der Waals surface area contributed by atoms with Gasteiger partial charge in [0.25, 0.3) is 0 Å². The van der Waals surface area contributed by atoms with E-state index in [1.807, 2.05) is 25.1 Å². The minimum atomic E-state index is 0.345. The van der Waals surface area contributed by atoms with E-state index in [-0.39, 0.29) is 0 Å². The smallest absolute Gasteiger partial charge is 0.225 e. The van der Waals surface area contributed by atoms with Gasteiger partial charge in [-0.2, -0.15) is 0 Å². The number of hydrogen-bond donors (Lipinski definition) is 1. The summed E-state index contributed by atoms with van der Waals surface area (Å²) in [6, 6.07) is 5.61. The molecule has 1 heterocycles. The summed E-state index contributed by atoms with van der Waals surface area (Å²) in [5.74, 6) is 1.62. The molecule has 0 unspecified atom stereocenters. The van der Waals surface area contributed by atoms with E-state index >= 15 is 0 Å². The third-order valence-electron chi connectivity index (χ3n) is 2.83. The Balaban J connectivity index is 2.63. The van der Waals surface area contributed by atoms with Crippen LogP contribution in [-0.4, -0.2) is 19.4 Å². The second-order valence-corrected chi connectivity index (χ2v) is 3.77. The van der Waals surface area contributed by atoms with Crippen LogP contribution in [0.3, 0.4) is 0 Å². The Morgan fingerprint density at radius 2 is 2.06 bits per heavy atom. The van der Waals surface area contributed by atoms with Crippen molar-refractivity contribution in [1.29, 1.82) is 0 Å².